The first kappa shape index (κ1) is 25.8. The first-order chi connectivity index (χ1) is 17.9. The average molecular weight is 500 g/mol. The van der Waals surface area contributed by atoms with Crippen molar-refractivity contribution in [3.05, 3.63) is 94.7 Å². The Hall–Kier alpha value is -4.26. The Bertz CT molecular complexity index is 1390. The number of nitrogens with one attached hydrogen (secondary N) is 3. The molecule has 0 unspecified atom stereocenters. The van der Waals surface area contributed by atoms with Crippen LogP contribution < -0.4 is 20.1 Å². The summed E-state index contributed by atoms with van der Waals surface area (Å²) in [6.07, 6.45) is 1.98. The molecule has 0 bridgehead atoms. The van der Waals surface area contributed by atoms with Crippen molar-refractivity contribution in [1.29, 1.82) is 0 Å². The summed E-state index contributed by atoms with van der Waals surface area (Å²) in [5, 5.41) is 6.81. The number of carbonyl (C=O) groups is 2. The lowest BCUT2D eigenvalue weighted by Gasteiger charge is -2.20. The van der Waals surface area contributed by atoms with Gasteiger partial charge < -0.3 is 25.1 Å². The second-order valence-electron chi connectivity index (χ2n) is 9.05. The standard InChI is InChI=1S/C30H33N3O4/c1-5-37-27-11-10-21(15-28(27)36-4)24(25-17-31-26-9-7-6-8-23(25)26)16-32-29(34)18-33-30(35)22-13-19(2)12-20(3)14-22/h6-15,17,24,31H,5,16,18H2,1-4H3,(H,32,34)(H,33,35)/t24-/m1/s1. The van der Waals surface area contributed by atoms with Crippen LogP contribution in [0, 0.1) is 13.8 Å². The van der Waals surface area contributed by atoms with Crippen LogP contribution in [0.4, 0.5) is 0 Å². The van der Waals surface area contributed by atoms with Gasteiger partial charge in [0.1, 0.15) is 0 Å². The fraction of sp³-hybridized carbons (Fsp3) is 0.267. The van der Waals surface area contributed by atoms with Gasteiger partial charge >= 0.3 is 0 Å². The molecule has 1 aromatic heterocycles. The zero-order valence-corrected chi connectivity index (χ0v) is 21.7. The van der Waals surface area contributed by atoms with Crippen LogP contribution in [0.2, 0.25) is 0 Å². The molecule has 7 heteroatoms. The molecule has 1 atom stereocenters. The highest BCUT2D eigenvalue weighted by Crippen LogP contribution is 2.35. The van der Waals surface area contributed by atoms with Crippen LogP contribution in [-0.4, -0.2) is 43.6 Å². The second kappa shape index (κ2) is 11.6. The lowest BCUT2D eigenvalue weighted by Crippen LogP contribution is -2.38. The average Bonchev–Trinajstić information content (AvgIpc) is 3.31. The third-order valence-corrected chi connectivity index (χ3v) is 6.28. The van der Waals surface area contributed by atoms with Gasteiger partial charge in [0, 0.05) is 35.1 Å². The summed E-state index contributed by atoms with van der Waals surface area (Å²) < 4.78 is 11.3. The number of ether oxygens (including phenoxy) is 2. The number of aromatic amines is 1. The summed E-state index contributed by atoms with van der Waals surface area (Å²) in [7, 11) is 1.61. The molecule has 37 heavy (non-hydrogen) atoms. The molecule has 0 radical (unpaired) electrons. The van der Waals surface area contributed by atoms with Crippen molar-refractivity contribution in [1.82, 2.24) is 15.6 Å². The number of hydrogen-bond donors (Lipinski definition) is 3. The van der Waals surface area contributed by atoms with E-state index in [9.17, 15) is 9.59 Å². The largest absolute Gasteiger partial charge is 0.493 e. The van der Waals surface area contributed by atoms with Gasteiger partial charge in [0.15, 0.2) is 11.5 Å². The molecule has 1 heterocycles. The molecule has 7 nitrogen and oxygen atoms in total. The third kappa shape index (κ3) is 6.12. The smallest absolute Gasteiger partial charge is 0.251 e. The summed E-state index contributed by atoms with van der Waals surface area (Å²) in [6.45, 7) is 6.58. The SMILES string of the molecule is CCOc1ccc([C@@H](CNC(=O)CNC(=O)c2cc(C)cc(C)c2)c2c[nH]c3ccccc23)cc1OC. The maximum absolute atomic E-state index is 12.8. The summed E-state index contributed by atoms with van der Waals surface area (Å²) in [5.74, 6) is 0.618. The Kier molecular flexibility index (Phi) is 8.13. The van der Waals surface area contributed by atoms with Crippen molar-refractivity contribution < 1.29 is 19.1 Å². The number of aryl methyl sites for hydroxylation is 2. The molecular formula is C30H33N3O4. The van der Waals surface area contributed by atoms with Crippen molar-refractivity contribution in [3.8, 4) is 11.5 Å². The molecule has 0 spiro atoms. The van der Waals surface area contributed by atoms with Gasteiger partial charge in [-0.2, -0.15) is 0 Å². The summed E-state index contributed by atoms with van der Waals surface area (Å²) >= 11 is 0. The first-order valence-corrected chi connectivity index (χ1v) is 12.4. The van der Waals surface area contributed by atoms with E-state index in [0.717, 1.165) is 33.2 Å². The van der Waals surface area contributed by atoms with Crippen LogP contribution in [0.25, 0.3) is 10.9 Å². The molecule has 3 aromatic carbocycles. The predicted octanol–water partition coefficient (Wildman–Crippen LogP) is 4.87. The number of aromatic nitrogens is 1. The molecule has 0 aliphatic carbocycles. The van der Waals surface area contributed by atoms with Crippen molar-refractivity contribution in [2.45, 2.75) is 26.7 Å². The first-order valence-electron chi connectivity index (χ1n) is 12.4. The van der Waals surface area contributed by atoms with E-state index in [1.54, 1.807) is 7.11 Å². The van der Waals surface area contributed by atoms with E-state index in [0.29, 0.717) is 30.2 Å². The Morgan fingerprint density at radius 3 is 2.43 bits per heavy atom. The van der Waals surface area contributed by atoms with Gasteiger partial charge in [-0.05, 0) is 62.2 Å². The number of benzene rings is 3. The van der Waals surface area contributed by atoms with Crippen LogP contribution in [-0.2, 0) is 4.79 Å². The molecule has 0 saturated carbocycles. The topological polar surface area (TPSA) is 92.5 Å². The molecular weight excluding hydrogens is 466 g/mol. The Morgan fingerprint density at radius 1 is 0.946 bits per heavy atom. The number of fused-ring (bicyclic) bond motifs is 1. The van der Waals surface area contributed by atoms with Crippen LogP contribution in [0.5, 0.6) is 11.5 Å². The van der Waals surface area contributed by atoms with Crippen LogP contribution in [0.15, 0.2) is 66.9 Å². The van der Waals surface area contributed by atoms with E-state index in [1.165, 1.54) is 0 Å². The molecule has 3 N–H and O–H groups in total. The predicted molar refractivity (Wildman–Crippen MR) is 146 cm³/mol. The quantitative estimate of drug-likeness (QED) is 0.290. The summed E-state index contributed by atoms with van der Waals surface area (Å²) in [4.78, 5) is 28.7. The zero-order chi connectivity index (χ0) is 26.4. The minimum Gasteiger partial charge on any atom is -0.493 e. The highest BCUT2D eigenvalue weighted by molar-refractivity contribution is 5.96. The lowest BCUT2D eigenvalue weighted by atomic mass is 9.90. The number of amides is 2. The number of para-hydroxylation sites is 1. The third-order valence-electron chi connectivity index (χ3n) is 6.28. The second-order valence-corrected chi connectivity index (χ2v) is 9.05. The van der Waals surface area contributed by atoms with Crippen molar-refractivity contribution in [3.63, 3.8) is 0 Å². The molecule has 4 aromatic rings. The molecule has 2 amide bonds. The fourth-order valence-electron chi connectivity index (χ4n) is 4.61. The molecule has 192 valence electrons. The highest BCUT2D eigenvalue weighted by Gasteiger charge is 2.21. The van der Waals surface area contributed by atoms with Gasteiger partial charge in [-0.15, -0.1) is 0 Å². The van der Waals surface area contributed by atoms with Crippen molar-refractivity contribution in [2.24, 2.45) is 0 Å². The molecule has 0 aliphatic rings. The van der Waals surface area contributed by atoms with Crippen LogP contribution in [0.1, 0.15) is 45.5 Å². The monoisotopic (exact) mass is 499 g/mol. The fourth-order valence-corrected chi connectivity index (χ4v) is 4.61. The highest BCUT2D eigenvalue weighted by atomic mass is 16.5. The minimum absolute atomic E-state index is 0.112. The van der Waals surface area contributed by atoms with Gasteiger partial charge in [-0.25, -0.2) is 0 Å². The van der Waals surface area contributed by atoms with Gasteiger partial charge in [0.2, 0.25) is 5.91 Å². The number of methoxy groups -OCH3 is 1. The summed E-state index contributed by atoms with van der Waals surface area (Å²) in [5.41, 5.74) is 5.60. The Balaban J connectivity index is 1.52. The number of H-pyrrole nitrogens is 1. The van der Waals surface area contributed by atoms with Crippen LogP contribution >= 0.6 is 0 Å². The zero-order valence-electron chi connectivity index (χ0n) is 21.7. The lowest BCUT2D eigenvalue weighted by molar-refractivity contribution is -0.120. The minimum atomic E-state index is -0.272. The molecule has 0 fully saturated rings. The Labute approximate surface area is 217 Å². The normalized spacial score (nSPS) is 11.7. The van der Waals surface area contributed by atoms with E-state index in [1.807, 2.05) is 81.6 Å². The molecule has 4 rings (SSSR count). The van der Waals surface area contributed by atoms with Gasteiger partial charge in [-0.3, -0.25) is 9.59 Å². The van der Waals surface area contributed by atoms with Gasteiger partial charge in [0.25, 0.3) is 5.91 Å². The van der Waals surface area contributed by atoms with Crippen molar-refractivity contribution in [2.75, 3.05) is 26.8 Å². The van der Waals surface area contributed by atoms with Crippen LogP contribution in [0.3, 0.4) is 0 Å². The van der Waals surface area contributed by atoms with E-state index in [4.69, 9.17) is 9.47 Å². The van der Waals surface area contributed by atoms with Gasteiger partial charge in [0.05, 0.1) is 20.3 Å². The molecule has 0 aliphatic heterocycles. The van der Waals surface area contributed by atoms with E-state index in [-0.39, 0.29) is 24.3 Å². The number of rotatable bonds is 10. The maximum atomic E-state index is 12.8. The van der Waals surface area contributed by atoms with Gasteiger partial charge in [-0.1, -0.05) is 41.5 Å². The van der Waals surface area contributed by atoms with E-state index >= 15 is 0 Å². The summed E-state index contributed by atoms with van der Waals surface area (Å²) in [6, 6.07) is 19.5. The maximum Gasteiger partial charge on any atom is 0.251 e. The Morgan fingerprint density at radius 2 is 1.70 bits per heavy atom. The van der Waals surface area contributed by atoms with E-state index < -0.39 is 0 Å². The number of carbonyl (C=O) groups excluding carboxylic acids is 2. The number of hydrogen-bond acceptors (Lipinski definition) is 4. The van der Waals surface area contributed by atoms with E-state index in [2.05, 4.69) is 21.7 Å². The molecule has 0 saturated heterocycles. The van der Waals surface area contributed by atoms with Crippen molar-refractivity contribution >= 4 is 22.7 Å².